The lowest BCUT2D eigenvalue weighted by atomic mass is 10.3. The monoisotopic (exact) mass is 256 g/mol. The summed E-state index contributed by atoms with van der Waals surface area (Å²) in [5.41, 5.74) is 0. The first-order valence-corrected chi connectivity index (χ1v) is 4.66. The van der Waals surface area contributed by atoms with E-state index in [1.165, 1.54) is 12.1 Å². The van der Waals surface area contributed by atoms with Crippen LogP contribution in [-0.4, -0.2) is 5.76 Å². The van der Waals surface area contributed by atoms with Crippen molar-refractivity contribution in [3.8, 4) is 0 Å². The number of hydrogen-bond donors (Lipinski definition) is 0. The normalized spacial score (nSPS) is 10.8. The summed E-state index contributed by atoms with van der Waals surface area (Å²) in [4.78, 5) is -0.0422. The van der Waals surface area contributed by atoms with Crippen LogP contribution in [0.5, 0.6) is 0 Å². The summed E-state index contributed by atoms with van der Waals surface area (Å²) in [5.74, 6) is -3.21. The van der Waals surface area contributed by atoms with Crippen LogP contribution in [0.25, 0.3) is 0 Å². The van der Waals surface area contributed by atoms with Crippen LogP contribution in [0.4, 0.5) is 13.2 Å². The summed E-state index contributed by atoms with van der Waals surface area (Å²) in [6.07, 6.45) is 0. The van der Waals surface area contributed by atoms with Gasteiger partial charge in [-0.3, -0.25) is 0 Å². The van der Waals surface area contributed by atoms with Crippen LogP contribution in [0.15, 0.2) is 27.6 Å². The van der Waals surface area contributed by atoms with E-state index < -0.39 is 11.6 Å². The van der Waals surface area contributed by atoms with E-state index in [-0.39, 0.29) is 16.7 Å². The maximum absolute atomic E-state index is 12.8. The van der Waals surface area contributed by atoms with Crippen molar-refractivity contribution in [1.29, 1.82) is 0 Å². The van der Waals surface area contributed by atoms with Crippen LogP contribution in [-0.2, 0) is 0 Å². The molecule has 1 aromatic carbocycles. The van der Waals surface area contributed by atoms with Gasteiger partial charge in [-0.2, -0.15) is 8.78 Å². The van der Waals surface area contributed by atoms with Crippen molar-refractivity contribution in [2.75, 3.05) is 0 Å². The molecule has 0 aliphatic carbocycles. The molecule has 0 saturated heterocycles. The Bertz CT molecular complexity index is 277. The number of halogens is 4. The van der Waals surface area contributed by atoms with Crippen molar-refractivity contribution in [2.45, 2.75) is 10.7 Å². The highest BCUT2D eigenvalue weighted by Crippen LogP contribution is 2.29. The van der Waals surface area contributed by atoms with Gasteiger partial charge >= 0.3 is 0 Å². The average Bonchev–Trinajstić information content (AvgIpc) is 1.96. The fourth-order valence-corrected chi connectivity index (χ4v) is 1.74. The third-order valence-electron chi connectivity index (χ3n) is 1.11. The molecular formula is C7H4BrF3S. The fraction of sp³-hybridized carbons (Fsp3) is 0.143. The molecular weight excluding hydrogens is 253 g/mol. The predicted octanol–water partition coefficient (Wildman–Crippen LogP) is 3.90. The van der Waals surface area contributed by atoms with Gasteiger partial charge < -0.3 is 0 Å². The summed E-state index contributed by atoms with van der Waals surface area (Å²) < 4.78 is 37.0. The molecule has 0 spiro atoms. The topological polar surface area (TPSA) is 0 Å². The SMILES string of the molecule is Fc1ccc(Br)cc1SC(F)F. The van der Waals surface area contributed by atoms with Gasteiger partial charge in [0.2, 0.25) is 0 Å². The number of hydrogen-bond acceptors (Lipinski definition) is 1. The Kier molecular flexibility index (Phi) is 3.46. The van der Waals surface area contributed by atoms with Crippen molar-refractivity contribution in [2.24, 2.45) is 0 Å². The van der Waals surface area contributed by atoms with E-state index in [1.807, 2.05) is 0 Å². The molecule has 0 fully saturated rings. The molecule has 0 saturated carbocycles. The van der Waals surface area contributed by atoms with Crippen molar-refractivity contribution in [3.63, 3.8) is 0 Å². The summed E-state index contributed by atoms with van der Waals surface area (Å²) in [7, 11) is 0. The molecule has 1 rings (SSSR count). The van der Waals surface area contributed by atoms with Crippen LogP contribution in [0, 0.1) is 5.82 Å². The van der Waals surface area contributed by atoms with Crippen molar-refractivity contribution in [3.05, 3.63) is 28.5 Å². The summed E-state index contributed by atoms with van der Waals surface area (Å²) >= 11 is 3.26. The highest BCUT2D eigenvalue weighted by Gasteiger charge is 2.09. The van der Waals surface area contributed by atoms with Gasteiger partial charge in [-0.05, 0) is 18.2 Å². The van der Waals surface area contributed by atoms with E-state index in [1.54, 1.807) is 0 Å². The van der Waals surface area contributed by atoms with Gasteiger partial charge in [0.15, 0.2) is 0 Å². The maximum atomic E-state index is 12.8. The molecule has 5 heteroatoms. The third kappa shape index (κ3) is 2.71. The molecule has 0 heterocycles. The second kappa shape index (κ2) is 4.18. The zero-order chi connectivity index (χ0) is 9.14. The van der Waals surface area contributed by atoms with Crippen LogP contribution in [0.1, 0.15) is 0 Å². The van der Waals surface area contributed by atoms with Crippen molar-refractivity contribution in [1.82, 2.24) is 0 Å². The lowest BCUT2D eigenvalue weighted by Gasteiger charge is -2.01. The summed E-state index contributed by atoms with van der Waals surface area (Å²) in [6.45, 7) is 0. The first-order chi connectivity index (χ1) is 5.59. The standard InChI is InChI=1S/C7H4BrF3S/c8-4-1-2-5(9)6(3-4)12-7(10)11/h1-3,7H. The lowest BCUT2D eigenvalue weighted by Crippen LogP contribution is -1.85. The molecule has 0 nitrogen and oxygen atoms in total. The Morgan fingerprint density at radius 2 is 2.00 bits per heavy atom. The molecule has 1 aromatic rings. The minimum absolute atomic E-state index is 0.0422. The zero-order valence-corrected chi connectivity index (χ0v) is 8.13. The lowest BCUT2D eigenvalue weighted by molar-refractivity contribution is 0.251. The van der Waals surface area contributed by atoms with Gasteiger partial charge in [0.1, 0.15) is 5.82 Å². The van der Waals surface area contributed by atoms with E-state index >= 15 is 0 Å². The van der Waals surface area contributed by atoms with Gasteiger partial charge in [0.25, 0.3) is 5.76 Å². The number of alkyl halides is 2. The quantitative estimate of drug-likeness (QED) is 0.724. The molecule has 0 amide bonds. The molecule has 0 N–H and O–H groups in total. The molecule has 0 radical (unpaired) electrons. The molecule has 12 heavy (non-hydrogen) atoms. The second-order valence-electron chi connectivity index (χ2n) is 1.95. The highest BCUT2D eigenvalue weighted by molar-refractivity contribution is 9.10. The smallest absolute Gasteiger partial charge is 0.206 e. The number of benzene rings is 1. The Morgan fingerprint density at radius 1 is 1.33 bits per heavy atom. The molecule has 0 atom stereocenters. The van der Waals surface area contributed by atoms with Gasteiger partial charge in [-0.25, -0.2) is 4.39 Å². The van der Waals surface area contributed by atoms with E-state index in [4.69, 9.17) is 0 Å². The van der Waals surface area contributed by atoms with Crippen LogP contribution < -0.4 is 0 Å². The van der Waals surface area contributed by atoms with Gasteiger partial charge in [0, 0.05) is 9.37 Å². The number of rotatable bonds is 2. The zero-order valence-electron chi connectivity index (χ0n) is 5.73. The molecule has 0 aliphatic rings. The average molecular weight is 257 g/mol. The molecule has 66 valence electrons. The van der Waals surface area contributed by atoms with Gasteiger partial charge in [-0.1, -0.05) is 27.7 Å². The Hall–Kier alpha value is -0.160. The van der Waals surface area contributed by atoms with Crippen LogP contribution >= 0.6 is 27.7 Å². The van der Waals surface area contributed by atoms with Crippen LogP contribution in [0.2, 0.25) is 0 Å². The molecule has 0 unspecified atom stereocenters. The van der Waals surface area contributed by atoms with Gasteiger partial charge in [-0.15, -0.1) is 0 Å². The predicted molar refractivity (Wildman–Crippen MR) is 46.0 cm³/mol. The maximum Gasteiger partial charge on any atom is 0.289 e. The molecule has 0 bridgehead atoms. The van der Waals surface area contributed by atoms with E-state index in [0.29, 0.717) is 4.47 Å². The first kappa shape index (κ1) is 9.92. The minimum Gasteiger partial charge on any atom is -0.206 e. The number of thioether (sulfide) groups is 1. The molecule has 0 aromatic heterocycles. The third-order valence-corrected chi connectivity index (χ3v) is 2.35. The summed E-state index contributed by atoms with van der Waals surface area (Å²) in [5, 5.41) is 0. The van der Waals surface area contributed by atoms with Crippen molar-refractivity contribution < 1.29 is 13.2 Å². The summed E-state index contributed by atoms with van der Waals surface area (Å²) in [6, 6.07) is 3.94. The Morgan fingerprint density at radius 3 is 2.58 bits per heavy atom. The highest BCUT2D eigenvalue weighted by atomic mass is 79.9. The largest absolute Gasteiger partial charge is 0.289 e. The second-order valence-corrected chi connectivity index (χ2v) is 3.90. The fourth-order valence-electron chi connectivity index (χ4n) is 0.663. The van der Waals surface area contributed by atoms with Gasteiger partial charge in [0.05, 0.1) is 0 Å². The van der Waals surface area contributed by atoms with E-state index in [0.717, 1.165) is 6.07 Å². The molecule has 0 aliphatic heterocycles. The minimum atomic E-state index is -2.59. The first-order valence-electron chi connectivity index (χ1n) is 2.99. The Balaban J connectivity index is 2.90. The van der Waals surface area contributed by atoms with Crippen LogP contribution in [0.3, 0.4) is 0 Å². The Labute approximate surface area is 80.3 Å². The van der Waals surface area contributed by atoms with E-state index in [9.17, 15) is 13.2 Å². The van der Waals surface area contributed by atoms with E-state index in [2.05, 4.69) is 15.9 Å². The van der Waals surface area contributed by atoms with Crippen molar-refractivity contribution >= 4 is 27.7 Å².